The quantitative estimate of drug-likeness (QED) is 0.523. The second-order valence-corrected chi connectivity index (χ2v) is 5.08. The minimum atomic E-state index is -0.414. The van der Waals surface area contributed by atoms with Gasteiger partial charge in [-0.15, -0.1) is 11.8 Å². The van der Waals surface area contributed by atoms with Gasteiger partial charge in [0.1, 0.15) is 17.4 Å². The van der Waals surface area contributed by atoms with Crippen LogP contribution in [0.4, 0.5) is 0 Å². The molecule has 2 aromatic rings. The van der Waals surface area contributed by atoms with Crippen LogP contribution in [0.3, 0.4) is 0 Å². The van der Waals surface area contributed by atoms with Crippen LogP contribution < -0.4 is 5.32 Å². The molecule has 1 N–H and O–H groups in total. The third kappa shape index (κ3) is 4.26. The first kappa shape index (κ1) is 14.9. The molecule has 5 heteroatoms. The molecule has 0 saturated carbocycles. The maximum atomic E-state index is 11.9. The lowest BCUT2D eigenvalue weighted by atomic mass is 10.1. The van der Waals surface area contributed by atoms with Crippen LogP contribution in [0.25, 0.3) is 6.08 Å². The Labute approximate surface area is 127 Å². The average Bonchev–Trinajstić information content (AvgIpc) is 3.04. The summed E-state index contributed by atoms with van der Waals surface area (Å²) < 4.78 is 5.12. The van der Waals surface area contributed by atoms with E-state index in [2.05, 4.69) is 5.32 Å². The largest absolute Gasteiger partial charge is 0.467 e. The lowest BCUT2D eigenvalue weighted by Gasteiger charge is -2.02. The lowest BCUT2D eigenvalue weighted by molar-refractivity contribution is -0.117. The molecule has 0 spiro atoms. The number of hydrogen-bond acceptors (Lipinski definition) is 4. The molecule has 0 aliphatic heterocycles. The summed E-state index contributed by atoms with van der Waals surface area (Å²) in [5.41, 5.74) is 0.885. The van der Waals surface area contributed by atoms with Gasteiger partial charge >= 0.3 is 0 Å². The van der Waals surface area contributed by atoms with Crippen LogP contribution in [-0.4, -0.2) is 12.2 Å². The van der Waals surface area contributed by atoms with E-state index >= 15 is 0 Å². The summed E-state index contributed by atoms with van der Waals surface area (Å²) in [6, 6.07) is 13.1. The fraction of sp³-hybridized carbons (Fsp3) is 0.125. The maximum Gasteiger partial charge on any atom is 0.262 e. The van der Waals surface area contributed by atoms with Gasteiger partial charge in [-0.2, -0.15) is 5.26 Å². The fourth-order valence-electron chi connectivity index (χ4n) is 1.69. The summed E-state index contributed by atoms with van der Waals surface area (Å²) in [6.07, 6.45) is 5.10. The molecule has 0 saturated heterocycles. The van der Waals surface area contributed by atoms with Gasteiger partial charge in [0.25, 0.3) is 5.91 Å². The smallest absolute Gasteiger partial charge is 0.262 e. The van der Waals surface area contributed by atoms with Crippen molar-refractivity contribution in [1.29, 1.82) is 5.26 Å². The molecule has 0 bridgehead atoms. The van der Waals surface area contributed by atoms with Crippen LogP contribution in [0.2, 0.25) is 0 Å². The van der Waals surface area contributed by atoms with Gasteiger partial charge in [-0.1, -0.05) is 12.1 Å². The summed E-state index contributed by atoms with van der Waals surface area (Å²) >= 11 is 1.64. The third-order valence-corrected chi connectivity index (χ3v) is 3.54. The molecule has 0 fully saturated rings. The first-order chi connectivity index (χ1) is 10.2. The van der Waals surface area contributed by atoms with Gasteiger partial charge in [0, 0.05) is 4.90 Å². The Morgan fingerprint density at radius 2 is 2.14 bits per heavy atom. The van der Waals surface area contributed by atoms with Gasteiger partial charge in [0.15, 0.2) is 0 Å². The van der Waals surface area contributed by atoms with E-state index in [4.69, 9.17) is 9.68 Å². The minimum absolute atomic E-state index is 0.0680. The fourth-order valence-corrected chi connectivity index (χ4v) is 2.10. The van der Waals surface area contributed by atoms with Crippen molar-refractivity contribution in [2.24, 2.45) is 0 Å². The van der Waals surface area contributed by atoms with Crippen molar-refractivity contribution in [3.05, 3.63) is 59.6 Å². The zero-order valence-electron chi connectivity index (χ0n) is 11.5. The Bertz CT molecular complexity index is 667. The maximum absolute atomic E-state index is 11.9. The number of benzene rings is 1. The number of amides is 1. The molecular weight excluding hydrogens is 284 g/mol. The summed E-state index contributed by atoms with van der Waals surface area (Å²) in [6.45, 7) is 0.260. The van der Waals surface area contributed by atoms with Crippen LogP contribution in [-0.2, 0) is 11.3 Å². The van der Waals surface area contributed by atoms with E-state index < -0.39 is 5.91 Å². The van der Waals surface area contributed by atoms with E-state index in [1.54, 1.807) is 30.0 Å². The number of rotatable bonds is 5. The first-order valence-electron chi connectivity index (χ1n) is 6.29. The first-order valence-corrected chi connectivity index (χ1v) is 7.52. The highest BCUT2D eigenvalue weighted by Gasteiger charge is 2.09. The molecule has 1 aromatic heterocycles. The van der Waals surface area contributed by atoms with Crippen molar-refractivity contribution in [2.75, 3.05) is 6.26 Å². The van der Waals surface area contributed by atoms with Crippen molar-refractivity contribution in [2.45, 2.75) is 11.4 Å². The molecule has 1 amide bonds. The van der Waals surface area contributed by atoms with E-state index in [-0.39, 0.29) is 12.1 Å². The summed E-state index contributed by atoms with van der Waals surface area (Å²) in [5, 5.41) is 11.8. The van der Waals surface area contributed by atoms with E-state index in [9.17, 15) is 4.79 Å². The number of nitrogens with one attached hydrogen (secondary N) is 1. The van der Waals surface area contributed by atoms with Crippen molar-refractivity contribution < 1.29 is 9.21 Å². The minimum Gasteiger partial charge on any atom is -0.467 e. The molecular formula is C16H14N2O2S. The molecule has 4 nitrogen and oxygen atoms in total. The topological polar surface area (TPSA) is 66.0 Å². The standard InChI is InChI=1S/C16H14N2O2S/c1-21-15-6-4-12(5-7-15)9-13(10-17)16(19)18-11-14-3-2-8-20-14/h2-9H,11H2,1H3,(H,18,19)/b13-9+. The Hall–Kier alpha value is -2.45. The Balaban J connectivity index is 2.05. The Morgan fingerprint density at radius 3 is 2.71 bits per heavy atom. The Morgan fingerprint density at radius 1 is 1.38 bits per heavy atom. The van der Waals surface area contributed by atoms with Gasteiger partial charge in [-0.3, -0.25) is 4.79 Å². The second kappa shape index (κ2) is 7.36. The molecule has 1 aromatic carbocycles. The van der Waals surface area contributed by atoms with E-state index in [0.29, 0.717) is 5.76 Å². The highest BCUT2D eigenvalue weighted by Crippen LogP contribution is 2.16. The van der Waals surface area contributed by atoms with Crippen molar-refractivity contribution in [1.82, 2.24) is 5.32 Å². The highest BCUT2D eigenvalue weighted by atomic mass is 32.2. The number of carbonyl (C=O) groups excluding carboxylic acids is 1. The van der Waals surface area contributed by atoms with Crippen molar-refractivity contribution in [3.63, 3.8) is 0 Å². The van der Waals surface area contributed by atoms with Gasteiger partial charge in [-0.05, 0) is 42.2 Å². The zero-order valence-corrected chi connectivity index (χ0v) is 12.3. The number of nitrogens with zero attached hydrogens (tertiary/aromatic N) is 1. The van der Waals surface area contributed by atoms with Gasteiger partial charge in [-0.25, -0.2) is 0 Å². The predicted molar refractivity (Wildman–Crippen MR) is 82.4 cm³/mol. The molecule has 2 rings (SSSR count). The van der Waals surface area contributed by atoms with Gasteiger partial charge < -0.3 is 9.73 Å². The molecule has 0 unspecified atom stereocenters. The number of furan rings is 1. The van der Waals surface area contributed by atoms with Crippen LogP contribution >= 0.6 is 11.8 Å². The lowest BCUT2D eigenvalue weighted by Crippen LogP contribution is -2.23. The number of carbonyl (C=O) groups is 1. The molecule has 0 atom stereocenters. The zero-order chi connectivity index (χ0) is 15.1. The third-order valence-electron chi connectivity index (χ3n) is 2.80. The molecule has 0 aliphatic carbocycles. The number of thioether (sulfide) groups is 1. The van der Waals surface area contributed by atoms with E-state index in [1.807, 2.05) is 36.6 Å². The van der Waals surface area contributed by atoms with Crippen LogP contribution in [0.5, 0.6) is 0 Å². The second-order valence-electron chi connectivity index (χ2n) is 4.21. The van der Waals surface area contributed by atoms with Crippen molar-refractivity contribution in [3.8, 4) is 6.07 Å². The molecule has 21 heavy (non-hydrogen) atoms. The summed E-state index contributed by atoms with van der Waals surface area (Å²) in [4.78, 5) is 13.1. The monoisotopic (exact) mass is 298 g/mol. The number of hydrogen-bond donors (Lipinski definition) is 1. The summed E-state index contributed by atoms with van der Waals surface area (Å²) in [5.74, 6) is 0.229. The van der Waals surface area contributed by atoms with E-state index in [1.165, 1.54) is 6.26 Å². The van der Waals surface area contributed by atoms with Crippen LogP contribution in [0.1, 0.15) is 11.3 Å². The highest BCUT2D eigenvalue weighted by molar-refractivity contribution is 7.98. The van der Waals surface area contributed by atoms with Crippen LogP contribution in [0.15, 0.2) is 57.5 Å². The normalized spacial score (nSPS) is 11.0. The van der Waals surface area contributed by atoms with Gasteiger partial charge in [0.2, 0.25) is 0 Å². The van der Waals surface area contributed by atoms with E-state index in [0.717, 1.165) is 10.5 Å². The van der Waals surface area contributed by atoms with Crippen molar-refractivity contribution >= 4 is 23.7 Å². The molecule has 0 radical (unpaired) electrons. The van der Waals surface area contributed by atoms with Gasteiger partial charge in [0.05, 0.1) is 12.8 Å². The number of nitriles is 1. The Kier molecular flexibility index (Phi) is 5.24. The summed E-state index contributed by atoms with van der Waals surface area (Å²) in [7, 11) is 0. The van der Waals surface area contributed by atoms with Crippen LogP contribution in [0, 0.1) is 11.3 Å². The predicted octanol–water partition coefficient (Wildman–Crippen LogP) is 3.22. The molecule has 106 valence electrons. The molecule has 0 aliphatic rings. The average molecular weight is 298 g/mol. The molecule has 1 heterocycles. The SMILES string of the molecule is CSc1ccc(/C=C(\C#N)C(=O)NCc2ccco2)cc1.